The SMILES string of the molecule is CN(c1ncnc2[nH]ccc12)C1CCC(CS(=O)(=O)N2CC(O)C(C#N)C2)CC1. The second-order valence-electron chi connectivity index (χ2n) is 8.12. The Kier molecular flexibility index (Phi) is 5.46. The van der Waals surface area contributed by atoms with Gasteiger partial charge in [-0.1, -0.05) is 0 Å². The Labute approximate surface area is 170 Å². The van der Waals surface area contributed by atoms with Crippen LogP contribution >= 0.6 is 0 Å². The Hall–Kier alpha value is -2.22. The average Bonchev–Trinajstić information content (AvgIpc) is 3.34. The zero-order chi connectivity index (χ0) is 20.6. The van der Waals surface area contributed by atoms with E-state index >= 15 is 0 Å². The molecule has 2 aromatic rings. The van der Waals surface area contributed by atoms with Gasteiger partial charge in [-0.25, -0.2) is 18.4 Å². The quantitative estimate of drug-likeness (QED) is 0.744. The summed E-state index contributed by atoms with van der Waals surface area (Å²) in [6.45, 7) is 0.122. The van der Waals surface area contributed by atoms with E-state index in [0.29, 0.717) is 6.04 Å². The molecule has 3 heterocycles. The Morgan fingerprint density at radius 3 is 2.76 bits per heavy atom. The summed E-state index contributed by atoms with van der Waals surface area (Å²) in [6.07, 6.45) is 5.97. The number of aromatic nitrogens is 3. The van der Waals surface area contributed by atoms with Gasteiger partial charge >= 0.3 is 0 Å². The molecule has 2 atom stereocenters. The summed E-state index contributed by atoms with van der Waals surface area (Å²) in [5.41, 5.74) is 0.810. The summed E-state index contributed by atoms with van der Waals surface area (Å²) < 4.78 is 26.8. The van der Waals surface area contributed by atoms with Crippen LogP contribution < -0.4 is 4.90 Å². The van der Waals surface area contributed by atoms with Crippen molar-refractivity contribution >= 4 is 26.9 Å². The van der Waals surface area contributed by atoms with E-state index in [0.717, 1.165) is 42.5 Å². The molecule has 1 aliphatic carbocycles. The normalized spacial score (nSPS) is 28.4. The van der Waals surface area contributed by atoms with Crippen molar-refractivity contribution in [3.63, 3.8) is 0 Å². The number of β-amino-alcohol motifs (C(OH)–C–C–N with tert-alkyl or cyclic N) is 1. The van der Waals surface area contributed by atoms with Gasteiger partial charge < -0.3 is 15.0 Å². The van der Waals surface area contributed by atoms with E-state index < -0.39 is 22.0 Å². The number of nitriles is 1. The molecule has 0 bridgehead atoms. The van der Waals surface area contributed by atoms with Gasteiger partial charge in [0.1, 0.15) is 17.8 Å². The van der Waals surface area contributed by atoms with E-state index in [1.165, 1.54) is 4.31 Å². The van der Waals surface area contributed by atoms with Crippen LogP contribution in [-0.4, -0.2) is 70.8 Å². The van der Waals surface area contributed by atoms with Crippen LogP contribution in [0.3, 0.4) is 0 Å². The van der Waals surface area contributed by atoms with Crippen molar-refractivity contribution in [2.24, 2.45) is 11.8 Å². The number of H-pyrrole nitrogens is 1. The lowest BCUT2D eigenvalue weighted by atomic mass is 9.86. The van der Waals surface area contributed by atoms with E-state index in [-0.39, 0.29) is 24.8 Å². The van der Waals surface area contributed by atoms with Gasteiger partial charge in [-0.2, -0.15) is 9.57 Å². The standard InChI is InChI=1S/C19H26N6O3S/c1-24(19-16-6-7-21-18(16)22-12-23-19)15-4-2-13(3-5-15)11-29(27,28)25-9-14(8-20)17(26)10-25/h6-7,12-15,17,26H,2-5,9-11H2,1H3,(H,21,22,23). The lowest BCUT2D eigenvalue weighted by Crippen LogP contribution is -2.39. The summed E-state index contributed by atoms with van der Waals surface area (Å²) in [7, 11) is -1.43. The maximum absolute atomic E-state index is 12.7. The van der Waals surface area contributed by atoms with Crippen molar-refractivity contribution in [3.05, 3.63) is 18.6 Å². The highest BCUT2D eigenvalue weighted by Crippen LogP contribution is 2.33. The van der Waals surface area contributed by atoms with Crippen molar-refractivity contribution in [3.8, 4) is 6.07 Å². The minimum Gasteiger partial charge on any atom is -0.390 e. The summed E-state index contributed by atoms with van der Waals surface area (Å²) in [5, 5.41) is 19.9. The zero-order valence-electron chi connectivity index (χ0n) is 16.4. The maximum Gasteiger partial charge on any atom is 0.214 e. The molecular weight excluding hydrogens is 392 g/mol. The van der Waals surface area contributed by atoms with Gasteiger partial charge in [0.25, 0.3) is 0 Å². The molecule has 0 radical (unpaired) electrons. The summed E-state index contributed by atoms with van der Waals surface area (Å²) in [5.74, 6) is 0.443. The first kappa shape index (κ1) is 20.1. The second kappa shape index (κ2) is 7.89. The smallest absolute Gasteiger partial charge is 0.214 e. The topological polar surface area (TPSA) is 126 Å². The number of nitrogens with one attached hydrogen (secondary N) is 1. The van der Waals surface area contributed by atoms with Crippen molar-refractivity contribution in [1.82, 2.24) is 19.3 Å². The first-order valence-corrected chi connectivity index (χ1v) is 11.6. The summed E-state index contributed by atoms with van der Waals surface area (Å²) in [4.78, 5) is 14.0. The third kappa shape index (κ3) is 3.95. The number of rotatable bonds is 5. The molecule has 0 spiro atoms. The monoisotopic (exact) mass is 418 g/mol. The second-order valence-corrected chi connectivity index (χ2v) is 10.1. The van der Waals surface area contributed by atoms with Gasteiger partial charge in [0.15, 0.2) is 0 Å². The molecule has 4 rings (SSSR count). The molecule has 2 N–H and O–H groups in total. The Morgan fingerprint density at radius 1 is 1.31 bits per heavy atom. The average molecular weight is 419 g/mol. The Balaban J connectivity index is 1.36. The van der Waals surface area contributed by atoms with E-state index in [2.05, 4.69) is 19.9 Å². The van der Waals surface area contributed by atoms with Crippen LogP contribution in [0.4, 0.5) is 5.82 Å². The number of anilines is 1. The third-order valence-electron chi connectivity index (χ3n) is 6.29. The molecule has 156 valence electrons. The van der Waals surface area contributed by atoms with Gasteiger partial charge in [0.05, 0.1) is 29.2 Å². The lowest BCUT2D eigenvalue weighted by molar-refractivity contribution is 0.166. The fourth-order valence-corrected chi connectivity index (χ4v) is 6.43. The van der Waals surface area contributed by atoms with E-state index in [9.17, 15) is 13.5 Å². The molecule has 29 heavy (non-hydrogen) atoms. The van der Waals surface area contributed by atoms with Gasteiger partial charge in [-0.05, 0) is 37.7 Å². The molecule has 0 amide bonds. The predicted octanol–water partition coefficient (Wildman–Crippen LogP) is 1.10. The number of hydrogen-bond donors (Lipinski definition) is 2. The number of aliphatic hydroxyl groups is 1. The van der Waals surface area contributed by atoms with Crippen LogP contribution in [0.25, 0.3) is 11.0 Å². The van der Waals surface area contributed by atoms with Crippen LogP contribution in [0.15, 0.2) is 18.6 Å². The van der Waals surface area contributed by atoms with E-state index in [1.54, 1.807) is 6.33 Å². The van der Waals surface area contributed by atoms with Crippen LogP contribution in [-0.2, 0) is 10.0 Å². The largest absolute Gasteiger partial charge is 0.390 e. The van der Waals surface area contributed by atoms with Gasteiger partial charge in [0.2, 0.25) is 10.0 Å². The molecule has 9 nitrogen and oxygen atoms in total. The summed E-state index contributed by atoms with van der Waals surface area (Å²) >= 11 is 0. The number of hydrogen-bond acceptors (Lipinski definition) is 7. The Bertz CT molecular complexity index is 1010. The first-order chi connectivity index (χ1) is 13.9. The summed E-state index contributed by atoms with van der Waals surface area (Å²) in [6, 6.07) is 4.26. The number of aromatic amines is 1. The molecule has 0 aromatic carbocycles. The highest BCUT2D eigenvalue weighted by molar-refractivity contribution is 7.89. The van der Waals surface area contributed by atoms with Crippen molar-refractivity contribution in [2.45, 2.75) is 37.8 Å². The van der Waals surface area contributed by atoms with E-state index in [1.807, 2.05) is 25.4 Å². The predicted molar refractivity (Wildman–Crippen MR) is 109 cm³/mol. The fraction of sp³-hybridized carbons (Fsp3) is 0.632. The highest BCUT2D eigenvalue weighted by Gasteiger charge is 2.39. The fourth-order valence-electron chi connectivity index (χ4n) is 4.52. The van der Waals surface area contributed by atoms with Gasteiger partial charge in [-0.15, -0.1) is 0 Å². The lowest BCUT2D eigenvalue weighted by Gasteiger charge is -2.35. The molecule has 2 aromatic heterocycles. The molecule has 1 saturated heterocycles. The van der Waals surface area contributed by atoms with Crippen LogP contribution in [0, 0.1) is 23.2 Å². The van der Waals surface area contributed by atoms with Crippen LogP contribution in [0.2, 0.25) is 0 Å². The molecular formula is C19H26N6O3S. The van der Waals surface area contributed by atoms with Crippen LogP contribution in [0.1, 0.15) is 25.7 Å². The van der Waals surface area contributed by atoms with Crippen LogP contribution in [0.5, 0.6) is 0 Å². The van der Waals surface area contributed by atoms with Crippen molar-refractivity contribution in [2.75, 3.05) is 30.8 Å². The number of fused-ring (bicyclic) bond motifs is 1. The third-order valence-corrected chi connectivity index (χ3v) is 8.27. The zero-order valence-corrected chi connectivity index (χ0v) is 17.2. The number of sulfonamides is 1. The molecule has 2 fully saturated rings. The Morgan fingerprint density at radius 2 is 2.07 bits per heavy atom. The minimum atomic E-state index is -3.46. The van der Waals surface area contributed by atoms with Gasteiger partial charge in [0, 0.05) is 32.4 Å². The highest BCUT2D eigenvalue weighted by atomic mass is 32.2. The molecule has 2 aliphatic rings. The van der Waals surface area contributed by atoms with E-state index in [4.69, 9.17) is 5.26 Å². The van der Waals surface area contributed by atoms with Crippen molar-refractivity contribution in [1.29, 1.82) is 5.26 Å². The molecule has 2 unspecified atom stereocenters. The van der Waals surface area contributed by atoms with Gasteiger partial charge in [-0.3, -0.25) is 0 Å². The first-order valence-electron chi connectivity index (χ1n) is 9.95. The maximum atomic E-state index is 12.7. The number of nitrogens with zero attached hydrogens (tertiary/aromatic N) is 5. The van der Waals surface area contributed by atoms with Crippen molar-refractivity contribution < 1.29 is 13.5 Å². The minimum absolute atomic E-state index is 0.0268. The molecule has 1 saturated carbocycles. The molecule has 10 heteroatoms. The molecule has 1 aliphatic heterocycles. The number of aliphatic hydroxyl groups excluding tert-OH is 1.